The molecule has 2 unspecified atom stereocenters. The second kappa shape index (κ2) is 15.1. The fourth-order valence-electron chi connectivity index (χ4n) is 9.03. The minimum atomic E-state index is -2.37. The van der Waals surface area contributed by atoms with Gasteiger partial charge in [0.05, 0.1) is 0 Å². The van der Waals surface area contributed by atoms with E-state index in [9.17, 15) is 0 Å². The number of rotatable bonds is 6. The Labute approximate surface area is 319 Å². The van der Waals surface area contributed by atoms with Crippen molar-refractivity contribution in [1.82, 2.24) is 0 Å². The van der Waals surface area contributed by atoms with Crippen molar-refractivity contribution in [1.29, 1.82) is 0 Å². The van der Waals surface area contributed by atoms with Gasteiger partial charge >= 0.3 is 298 Å². The Balaban J connectivity index is 0.00000216. The minimum Gasteiger partial charge on any atom is -1.00 e. The summed E-state index contributed by atoms with van der Waals surface area (Å²) in [5.74, 6) is 6.43. The monoisotopic (exact) mass is 830 g/mol. The van der Waals surface area contributed by atoms with Crippen molar-refractivity contribution in [3.63, 3.8) is 0 Å². The standard InChI is InChI=1S/2C22H19.C2H6Ge.2ClH.Zr/c2*1-15(2)21-14-17-9-4-6-12-19(17)22(21)20-13-7-10-16-8-3-5-11-18(16)20;1-3-2;;;/h2*3-15H,1-2H3;1-2H3;2*1H;/q;;;;;+2/p-2. The molecule has 6 aromatic rings. The molecule has 0 nitrogen and oxygen atoms in total. The first-order valence-electron chi connectivity index (χ1n) is 17.7. The van der Waals surface area contributed by atoms with Gasteiger partial charge in [0, 0.05) is 0 Å². The van der Waals surface area contributed by atoms with E-state index in [1.807, 2.05) is 0 Å². The molecule has 8 rings (SSSR count). The third-order valence-corrected chi connectivity index (χ3v) is 41.3. The number of hydrogen-bond acceptors (Lipinski definition) is 0. The van der Waals surface area contributed by atoms with Crippen LogP contribution in [0.2, 0.25) is 11.5 Å². The third kappa shape index (κ3) is 6.05. The summed E-state index contributed by atoms with van der Waals surface area (Å²) in [5.41, 5.74) is 15.6. The molecule has 0 spiro atoms. The zero-order chi connectivity index (χ0) is 33.1. The molecule has 2 aliphatic carbocycles. The van der Waals surface area contributed by atoms with Crippen LogP contribution in [0, 0.1) is 11.8 Å². The Kier molecular flexibility index (Phi) is 11.2. The number of hydrogen-bond donors (Lipinski definition) is 0. The van der Waals surface area contributed by atoms with E-state index < -0.39 is 28.6 Å². The topological polar surface area (TPSA) is 0 Å². The summed E-state index contributed by atoms with van der Waals surface area (Å²) in [6, 6.07) is 51.1. The van der Waals surface area contributed by atoms with Crippen molar-refractivity contribution in [2.24, 2.45) is 11.8 Å². The van der Waals surface area contributed by atoms with Crippen LogP contribution in [0.1, 0.15) is 68.3 Å². The van der Waals surface area contributed by atoms with E-state index >= 15 is 0 Å². The molecular formula is C46H44Cl2GeZr. The largest absolute Gasteiger partial charge is 1.00 e. The fourth-order valence-corrected chi connectivity index (χ4v) is 41.6. The normalized spacial score (nSPS) is 16.3. The Morgan fingerprint density at radius 3 is 1.18 bits per heavy atom. The predicted molar refractivity (Wildman–Crippen MR) is 205 cm³/mol. The molecule has 0 fully saturated rings. The van der Waals surface area contributed by atoms with E-state index in [-0.39, 0.29) is 24.8 Å². The summed E-state index contributed by atoms with van der Waals surface area (Å²) in [5, 5.41) is 5.43. The van der Waals surface area contributed by atoms with Gasteiger partial charge in [0.2, 0.25) is 0 Å². The SMILES string of the molecule is CC(C)C1=C(c2cccc3ccccc23)c2ccccc2[CH]1[Zr+2]([CH]1C(C(C)C)=C(c2cccc3ccccc23)c2ccccc21)=[Ge]([CH3])[CH3].[Cl-].[Cl-]. The van der Waals surface area contributed by atoms with Gasteiger partial charge in [-0.15, -0.1) is 0 Å². The maximum absolute atomic E-state index is 2.74. The van der Waals surface area contributed by atoms with Gasteiger partial charge in [-0.1, -0.05) is 0 Å². The van der Waals surface area contributed by atoms with Crippen LogP contribution in [0.5, 0.6) is 0 Å². The molecule has 0 saturated heterocycles. The molecule has 250 valence electrons. The quantitative estimate of drug-likeness (QED) is 0.166. The summed E-state index contributed by atoms with van der Waals surface area (Å²) in [6.45, 7) is 9.92. The van der Waals surface area contributed by atoms with Crippen LogP contribution in [-0.2, 0) is 18.6 Å². The summed E-state index contributed by atoms with van der Waals surface area (Å²) >= 11 is -2.37. The first-order valence-corrected chi connectivity index (χ1v) is 32.1. The van der Waals surface area contributed by atoms with Crippen LogP contribution < -0.4 is 24.8 Å². The first-order chi connectivity index (χ1) is 23.4. The number of allylic oxidation sites excluding steroid dienone is 2. The van der Waals surface area contributed by atoms with E-state index in [1.165, 1.54) is 54.9 Å². The third-order valence-electron chi connectivity index (χ3n) is 10.8. The molecular weight excluding hydrogens is 787 g/mol. The van der Waals surface area contributed by atoms with Crippen molar-refractivity contribution in [3.8, 4) is 0 Å². The van der Waals surface area contributed by atoms with E-state index in [2.05, 4.69) is 173 Å². The molecule has 0 heterocycles. The molecule has 2 atom stereocenters. The molecule has 0 N–H and O–H groups in total. The second-order valence-corrected chi connectivity index (χ2v) is 43.7. The van der Waals surface area contributed by atoms with Crippen molar-refractivity contribution in [3.05, 3.63) is 178 Å². The van der Waals surface area contributed by atoms with Gasteiger partial charge in [0.15, 0.2) is 0 Å². The number of halogens is 2. The van der Waals surface area contributed by atoms with Crippen molar-refractivity contribution < 1.29 is 43.4 Å². The van der Waals surface area contributed by atoms with Crippen LogP contribution in [-0.4, -0.2) is 9.98 Å². The van der Waals surface area contributed by atoms with Gasteiger partial charge in [-0.2, -0.15) is 0 Å². The average Bonchev–Trinajstić information content (AvgIpc) is 3.62. The molecule has 2 aliphatic rings. The molecule has 0 saturated carbocycles. The van der Waals surface area contributed by atoms with Gasteiger partial charge in [-0.05, 0) is 0 Å². The Hall–Kier alpha value is -2.67. The Morgan fingerprint density at radius 1 is 0.440 bits per heavy atom. The van der Waals surface area contributed by atoms with Gasteiger partial charge in [0.25, 0.3) is 0 Å². The van der Waals surface area contributed by atoms with Gasteiger partial charge in [0.1, 0.15) is 0 Å². The van der Waals surface area contributed by atoms with E-state index in [0.717, 1.165) is 0 Å². The van der Waals surface area contributed by atoms with Crippen LogP contribution in [0.25, 0.3) is 32.7 Å². The zero-order valence-electron chi connectivity index (χ0n) is 29.8. The molecule has 0 amide bonds. The maximum atomic E-state index is 2.74. The number of benzene rings is 6. The van der Waals surface area contributed by atoms with Gasteiger partial charge in [-0.25, -0.2) is 0 Å². The van der Waals surface area contributed by atoms with Crippen molar-refractivity contribution in [2.45, 2.75) is 46.5 Å². The summed E-state index contributed by atoms with van der Waals surface area (Å²) in [6.07, 6.45) is 0. The minimum absolute atomic E-state index is 0. The molecule has 0 aromatic heterocycles. The summed E-state index contributed by atoms with van der Waals surface area (Å²) < 4.78 is 1.17. The zero-order valence-corrected chi connectivity index (χ0v) is 35.8. The smallest absolute Gasteiger partial charge is 1.00 e. The molecule has 6 aromatic carbocycles. The van der Waals surface area contributed by atoms with Crippen LogP contribution in [0.3, 0.4) is 0 Å². The average molecular weight is 832 g/mol. The van der Waals surface area contributed by atoms with E-state index in [4.69, 9.17) is 0 Å². The van der Waals surface area contributed by atoms with Crippen molar-refractivity contribution >= 4 is 42.7 Å². The van der Waals surface area contributed by atoms with Gasteiger partial charge < -0.3 is 24.8 Å². The Bertz CT molecular complexity index is 2170. The summed E-state index contributed by atoms with van der Waals surface area (Å²) in [4.78, 5) is 0. The fraction of sp³-hybridized carbons (Fsp3) is 0.217. The van der Waals surface area contributed by atoms with Crippen molar-refractivity contribution in [2.75, 3.05) is 0 Å². The van der Waals surface area contributed by atoms with E-state index in [0.29, 0.717) is 19.1 Å². The molecule has 4 heteroatoms. The van der Waals surface area contributed by atoms with Crippen LogP contribution >= 0.6 is 0 Å². The summed E-state index contributed by atoms with van der Waals surface area (Å²) in [7, 11) is -1.43. The first kappa shape index (κ1) is 37.1. The predicted octanol–water partition coefficient (Wildman–Crippen LogP) is 6.60. The second-order valence-electron chi connectivity index (χ2n) is 14.5. The molecule has 0 radical (unpaired) electrons. The molecule has 0 bridgehead atoms. The Morgan fingerprint density at radius 2 is 0.780 bits per heavy atom. The molecule has 50 heavy (non-hydrogen) atoms. The maximum Gasteiger partial charge on any atom is -1.00 e. The van der Waals surface area contributed by atoms with E-state index in [1.54, 1.807) is 22.3 Å². The number of fused-ring (bicyclic) bond motifs is 4. The van der Waals surface area contributed by atoms with Crippen LogP contribution in [0.15, 0.2) is 145 Å². The molecule has 0 aliphatic heterocycles. The van der Waals surface area contributed by atoms with Crippen LogP contribution in [0.4, 0.5) is 0 Å². The van der Waals surface area contributed by atoms with Gasteiger partial charge in [-0.3, -0.25) is 0 Å².